The van der Waals surface area contributed by atoms with E-state index in [1.807, 2.05) is 30.3 Å². The van der Waals surface area contributed by atoms with Crippen molar-refractivity contribution in [3.8, 4) is 0 Å². The molecule has 1 saturated heterocycles. The standard InChI is InChI=1S/C8H7NO/c10-8-7(9-8)6-4-2-1-3-5-6/h1-5,7H,(H,9,10). The number of nitrogens with one attached hydrogen (secondary N) is 1. The number of hydrogen-bond acceptors (Lipinski definition) is 1. The van der Waals surface area contributed by atoms with Crippen LogP contribution in [-0.4, -0.2) is 5.91 Å². The van der Waals surface area contributed by atoms with Gasteiger partial charge in [0.05, 0.1) is 0 Å². The average molecular weight is 133 g/mol. The van der Waals surface area contributed by atoms with Gasteiger partial charge >= 0.3 is 0 Å². The van der Waals surface area contributed by atoms with Crippen LogP contribution < -0.4 is 5.32 Å². The molecule has 1 aromatic carbocycles. The molecule has 1 unspecified atom stereocenters. The number of benzene rings is 1. The lowest BCUT2D eigenvalue weighted by atomic mass is 10.2. The molecule has 1 aliphatic heterocycles. The second-order valence-corrected chi connectivity index (χ2v) is 2.35. The highest BCUT2D eigenvalue weighted by Crippen LogP contribution is 2.21. The van der Waals surface area contributed by atoms with E-state index in [1.165, 1.54) is 0 Å². The van der Waals surface area contributed by atoms with Gasteiger partial charge in [-0.25, -0.2) is 0 Å². The van der Waals surface area contributed by atoms with E-state index in [0.717, 1.165) is 5.56 Å². The summed E-state index contributed by atoms with van der Waals surface area (Å²) in [5, 5.41) is 2.71. The lowest BCUT2D eigenvalue weighted by Gasteiger charge is -1.89. The van der Waals surface area contributed by atoms with Crippen LogP contribution in [0.4, 0.5) is 0 Å². The zero-order valence-electron chi connectivity index (χ0n) is 5.37. The van der Waals surface area contributed by atoms with E-state index < -0.39 is 0 Å². The largest absolute Gasteiger partial charge is 0.338 e. The van der Waals surface area contributed by atoms with Crippen molar-refractivity contribution in [2.75, 3.05) is 0 Å². The molecule has 1 atom stereocenters. The van der Waals surface area contributed by atoms with Crippen LogP contribution in [-0.2, 0) is 4.79 Å². The first-order valence-corrected chi connectivity index (χ1v) is 3.23. The quantitative estimate of drug-likeness (QED) is 0.567. The highest BCUT2D eigenvalue weighted by Gasteiger charge is 2.34. The van der Waals surface area contributed by atoms with E-state index in [-0.39, 0.29) is 11.9 Å². The van der Waals surface area contributed by atoms with Crippen molar-refractivity contribution in [2.24, 2.45) is 0 Å². The summed E-state index contributed by atoms with van der Waals surface area (Å²) < 4.78 is 0. The van der Waals surface area contributed by atoms with Gasteiger partial charge in [0, 0.05) is 0 Å². The minimum atomic E-state index is -0.0128. The van der Waals surface area contributed by atoms with Gasteiger partial charge < -0.3 is 5.32 Å². The SMILES string of the molecule is O=C1NC1c1ccccc1. The molecule has 0 aliphatic carbocycles. The van der Waals surface area contributed by atoms with Gasteiger partial charge in [0.25, 0.3) is 0 Å². The second-order valence-electron chi connectivity index (χ2n) is 2.35. The molecule has 1 fully saturated rings. The zero-order valence-corrected chi connectivity index (χ0v) is 5.37. The Kier molecular flexibility index (Phi) is 1.01. The third-order valence-corrected chi connectivity index (χ3v) is 1.60. The van der Waals surface area contributed by atoms with Gasteiger partial charge in [-0.1, -0.05) is 30.3 Å². The van der Waals surface area contributed by atoms with Crippen molar-refractivity contribution in [1.29, 1.82) is 0 Å². The van der Waals surface area contributed by atoms with E-state index in [1.54, 1.807) is 0 Å². The van der Waals surface area contributed by atoms with Crippen molar-refractivity contribution in [2.45, 2.75) is 6.04 Å². The van der Waals surface area contributed by atoms with Crippen molar-refractivity contribution in [3.63, 3.8) is 0 Å². The Hall–Kier alpha value is -1.31. The number of hydrogen-bond donors (Lipinski definition) is 1. The molecule has 1 N–H and O–H groups in total. The van der Waals surface area contributed by atoms with Crippen LogP contribution in [0.3, 0.4) is 0 Å². The van der Waals surface area contributed by atoms with E-state index in [9.17, 15) is 4.79 Å². The van der Waals surface area contributed by atoms with Gasteiger partial charge in [-0.15, -0.1) is 0 Å². The van der Waals surface area contributed by atoms with Crippen LogP contribution in [0.15, 0.2) is 30.3 Å². The molecule has 0 saturated carbocycles. The smallest absolute Gasteiger partial charge is 0.248 e. The highest BCUT2D eigenvalue weighted by molar-refractivity contribution is 5.97. The maximum absolute atomic E-state index is 10.6. The topological polar surface area (TPSA) is 39.0 Å². The molecule has 2 nitrogen and oxygen atoms in total. The van der Waals surface area contributed by atoms with Crippen LogP contribution in [0.1, 0.15) is 11.6 Å². The molecule has 50 valence electrons. The fraction of sp³-hybridized carbons (Fsp3) is 0.125. The number of carbonyl (C=O) groups excluding carboxylic acids is 1. The Morgan fingerprint density at radius 1 is 1.20 bits per heavy atom. The molecule has 2 heteroatoms. The molecule has 1 aliphatic rings. The first kappa shape index (κ1) is 5.47. The van der Waals surface area contributed by atoms with Crippen molar-refractivity contribution < 1.29 is 4.79 Å². The van der Waals surface area contributed by atoms with Gasteiger partial charge in [-0.2, -0.15) is 0 Å². The van der Waals surface area contributed by atoms with E-state index >= 15 is 0 Å². The van der Waals surface area contributed by atoms with E-state index in [2.05, 4.69) is 5.32 Å². The van der Waals surface area contributed by atoms with Crippen molar-refractivity contribution >= 4 is 5.91 Å². The van der Waals surface area contributed by atoms with E-state index in [4.69, 9.17) is 0 Å². The van der Waals surface area contributed by atoms with Crippen molar-refractivity contribution in [1.82, 2.24) is 5.32 Å². The number of carbonyl (C=O) groups is 1. The van der Waals surface area contributed by atoms with Gasteiger partial charge in [0.2, 0.25) is 5.91 Å². The maximum atomic E-state index is 10.6. The Labute approximate surface area is 58.9 Å². The Bertz CT molecular complexity index is 255. The first-order chi connectivity index (χ1) is 4.88. The maximum Gasteiger partial charge on any atom is 0.248 e. The van der Waals surface area contributed by atoms with Crippen LogP contribution in [0, 0.1) is 0 Å². The predicted molar refractivity (Wildman–Crippen MR) is 37.3 cm³/mol. The van der Waals surface area contributed by atoms with Gasteiger partial charge in [-0.05, 0) is 5.56 Å². The fourth-order valence-electron chi connectivity index (χ4n) is 0.981. The fourth-order valence-corrected chi connectivity index (χ4v) is 0.981. The summed E-state index contributed by atoms with van der Waals surface area (Å²) in [7, 11) is 0. The third-order valence-electron chi connectivity index (χ3n) is 1.60. The average Bonchev–Trinajstić information content (AvgIpc) is 2.69. The van der Waals surface area contributed by atoms with Gasteiger partial charge in [-0.3, -0.25) is 4.79 Å². The third kappa shape index (κ3) is 0.778. The molecule has 0 radical (unpaired) electrons. The second kappa shape index (κ2) is 1.84. The lowest BCUT2D eigenvalue weighted by molar-refractivity contribution is -0.111. The number of amides is 1. The summed E-state index contributed by atoms with van der Waals surface area (Å²) in [6.45, 7) is 0. The summed E-state index contributed by atoms with van der Waals surface area (Å²) in [6, 6.07) is 9.69. The first-order valence-electron chi connectivity index (χ1n) is 3.23. The number of rotatable bonds is 1. The molecule has 0 spiro atoms. The Morgan fingerprint density at radius 3 is 2.30 bits per heavy atom. The molecule has 1 amide bonds. The summed E-state index contributed by atoms with van der Waals surface area (Å²) in [4.78, 5) is 10.6. The normalized spacial score (nSPS) is 22.0. The molecule has 10 heavy (non-hydrogen) atoms. The highest BCUT2D eigenvalue weighted by atomic mass is 16.2. The van der Waals surface area contributed by atoms with Gasteiger partial charge in [0.1, 0.15) is 6.04 Å². The molecule has 1 heterocycles. The van der Waals surface area contributed by atoms with E-state index in [0.29, 0.717) is 0 Å². The predicted octanol–water partition coefficient (Wildman–Crippen LogP) is 0.857. The summed E-state index contributed by atoms with van der Waals surface area (Å²) in [5.74, 6) is 0.131. The monoisotopic (exact) mass is 133 g/mol. The molecular weight excluding hydrogens is 126 g/mol. The summed E-state index contributed by atoms with van der Waals surface area (Å²) >= 11 is 0. The van der Waals surface area contributed by atoms with Crippen molar-refractivity contribution in [3.05, 3.63) is 35.9 Å². The molecule has 0 bridgehead atoms. The van der Waals surface area contributed by atoms with Crippen LogP contribution in [0.5, 0.6) is 0 Å². The minimum absolute atomic E-state index is 0.0128. The molecule has 0 aromatic heterocycles. The zero-order chi connectivity index (χ0) is 6.97. The van der Waals surface area contributed by atoms with Crippen LogP contribution in [0.2, 0.25) is 0 Å². The lowest BCUT2D eigenvalue weighted by Crippen LogP contribution is -1.80. The Balaban J connectivity index is 2.28. The summed E-state index contributed by atoms with van der Waals surface area (Å²) in [5.41, 5.74) is 1.06. The van der Waals surface area contributed by atoms with Crippen LogP contribution in [0.25, 0.3) is 0 Å². The molecule has 1 aromatic rings. The molecular formula is C8H7NO. The Morgan fingerprint density at radius 2 is 1.80 bits per heavy atom. The van der Waals surface area contributed by atoms with Gasteiger partial charge in [0.15, 0.2) is 0 Å². The molecule has 2 rings (SSSR count). The van der Waals surface area contributed by atoms with Crippen LogP contribution >= 0.6 is 0 Å². The minimum Gasteiger partial charge on any atom is -0.338 e. The summed E-state index contributed by atoms with van der Waals surface area (Å²) in [6.07, 6.45) is 0.